The minimum Gasteiger partial charge on any atom is -0.394 e. The Labute approximate surface area is 116 Å². The van der Waals surface area contributed by atoms with Crippen LogP contribution in [-0.4, -0.2) is 58.4 Å². The first kappa shape index (κ1) is 16.7. The SMILES string of the molecule is CCCCC(=O)NC1C(N=[N+]=[N-])O[C@H](CO)[C@@H](O)[C@@H]1O. The Morgan fingerprint density at radius 2 is 2.15 bits per heavy atom. The van der Waals surface area contributed by atoms with E-state index in [2.05, 4.69) is 15.3 Å². The Balaban J connectivity index is 2.78. The molecule has 114 valence electrons. The fourth-order valence-corrected chi connectivity index (χ4v) is 2.00. The third-order valence-electron chi connectivity index (χ3n) is 3.15. The second kappa shape index (κ2) is 8.03. The van der Waals surface area contributed by atoms with Gasteiger partial charge in [-0.2, -0.15) is 0 Å². The standard InChI is InChI=1S/C11H20N4O5/c1-2-3-4-7(17)13-8-10(19)9(18)6(5-16)20-11(8)14-15-12/h6,8-11,16,18-19H,2-5H2,1H3,(H,13,17)/t6-,8?,9-,10-,11?/m1/s1. The molecule has 1 heterocycles. The highest BCUT2D eigenvalue weighted by Crippen LogP contribution is 2.22. The summed E-state index contributed by atoms with van der Waals surface area (Å²) in [6, 6.07) is -1.05. The molecule has 1 amide bonds. The minimum atomic E-state index is -1.39. The van der Waals surface area contributed by atoms with Crippen LogP contribution in [0.4, 0.5) is 0 Å². The molecule has 1 rings (SSSR count). The monoisotopic (exact) mass is 288 g/mol. The third kappa shape index (κ3) is 4.06. The molecule has 0 aromatic carbocycles. The number of hydrogen-bond acceptors (Lipinski definition) is 6. The Kier molecular flexibility index (Phi) is 6.69. The van der Waals surface area contributed by atoms with Gasteiger partial charge in [0, 0.05) is 11.3 Å². The lowest BCUT2D eigenvalue weighted by atomic mass is 9.96. The highest BCUT2D eigenvalue weighted by atomic mass is 16.5. The molecule has 5 atom stereocenters. The minimum absolute atomic E-state index is 0.266. The number of carbonyl (C=O) groups excluding carboxylic acids is 1. The summed E-state index contributed by atoms with van der Waals surface area (Å²) in [7, 11) is 0. The van der Waals surface area contributed by atoms with Crippen molar-refractivity contribution >= 4 is 5.91 Å². The maximum absolute atomic E-state index is 11.7. The van der Waals surface area contributed by atoms with E-state index in [9.17, 15) is 15.0 Å². The molecule has 9 heteroatoms. The summed E-state index contributed by atoms with van der Waals surface area (Å²) in [5.41, 5.74) is 8.48. The molecule has 0 saturated carbocycles. The summed E-state index contributed by atoms with van der Waals surface area (Å²) >= 11 is 0. The molecule has 9 nitrogen and oxygen atoms in total. The van der Waals surface area contributed by atoms with E-state index in [0.29, 0.717) is 6.42 Å². The molecular weight excluding hydrogens is 268 g/mol. The van der Waals surface area contributed by atoms with E-state index in [1.165, 1.54) is 0 Å². The van der Waals surface area contributed by atoms with E-state index in [1.54, 1.807) is 0 Å². The average Bonchev–Trinajstić information content (AvgIpc) is 2.44. The molecule has 20 heavy (non-hydrogen) atoms. The lowest BCUT2D eigenvalue weighted by molar-refractivity contribution is -0.193. The van der Waals surface area contributed by atoms with E-state index < -0.39 is 37.2 Å². The van der Waals surface area contributed by atoms with Crippen LogP contribution in [0.25, 0.3) is 10.4 Å². The molecule has 0 aromatic heterocycles. The van der Waals surface area contributed by atoms with Gasteiger partial charge in [-0.1, -0.05) is 18.5 Å². The second-order valence-corrected chi connectivity index (χ2v) is 4.63. The van der Waals surface area contributed by atoms with E-state index in [4.69, 9.17) is 15.4 Å². The molecule has 4 N–H and O–H groups in total. The van der Waals surface area contributed by atoms with Gasteiger partial charge in [0.1, 0.15) is 18.3 Å². The number of ether oxygens (including phenoxy) is 1. The number of unbranched alkanes of at least 4 members (excludes halogenated alkanes) is 1. The molecule has 2 unspecified atom stereocenters. The smallest absolute Gasteiger partial charge is 0.220 e. The van der Waals surface area contributed by atoms with Crippen molar-refractivity contribution < 1.29 is 24.9 Å². The number of carbonyl (C=O) groups is 1. The topological polar surface area (TPSA) is 148 Å². The molecular formula is C11H20N4O5. The van der Waals surface area contributed by atoms with E-state index in [-0.39, 0.29) is 12.3 Å². The number of hydrogen-bond donors (Lipinski definition) is 4. The molecule has 1 aliphatic rings. The number of aliphatic hydroxyl groups is 3. The normalized spacial score (nSPS) is 33.3. The van der Waals surface area contributed by atoms with Crippen LogP contribution in [-0.2, 0) is 9.53 Å². The summed E-state index contributed by atoms with van der Waals surface area (Å²) in [6.07, 6.45) is -3.22. The van der Waals surface area contributed by atoms with Crippen molar-refractivity contribution in [2.75, 3.05) is 6.61 Å². The van der Waals surface area contributed by atoms with Crippen LogP contribution in [0, 0.1) is 0 Å². The van der Waals surface area contributed by atoms with Gasteiger partial charge in [-0.15, -0.1) is 0 Å². The first-order chi connectivity index (χ1) is 9.54. The van der Waals surface area contributed by atoms with Crippen molar-refractivity contribution in [3.05, 3.63) is 10.4 Å². The van der Waals surface area contributed by atoms with E-state index in [1.807, 2.05) is 6.92 Å². The highest BCUT2D eigenvalue weighted by Gasteiger charge is 2.44. The fraction of sp³-hybridized carbons (Fsp3) is 0.909. The zero-order chi connectivity index (χ0) is 15.1. The van der Waals surface area contributed by atoms with Gasteiger partial charge in [-0.05, 0) is 12.0 Å². The lowest BCUT2D eigenvalue weighted by Crippen LogP contribution is -2.63. The summed E-state index contributed by atoms with van der Waals surface area (Å²) in [5.74, 6) is -0.327. The summed E-state index contributed by atoms with van der Waals surface area (Å²) in [6.45, 7) is 1.40. The highest BCUT2D eigenvalue weighted by molar-refractivity contribution is 5.76. The molecule has 1 fully saturated rings. The van der Waals surface area contributed by atoms with Gasteiger partial charge in [-0.25, -0.2) is 0 Å². The van der Waals surface area contributed by atoms with Gasteiger partial charge in [0.15, 0.2) is 6.23 Å². The lowest BCUT2D eigenvalue weighted by Gasteiger charge is -2.40. The molecule has 0 bridgehead atoms. The number of aliphatic hydroxyl groups excluding tert-OH is 3. The Bertz CT molecular complexity index is 374. The predicted octanol–water partition coefficient (Wildman–Crippen LogP) is -0.589. The second-order valence-electron chi connectivity index (χ2n) is 4.63. The molecule has 1 aliphatic heterocycles. The Morgan fingerprint density at radius 1 is 1.45 bits per heavy atom. The first-order valence-electron chi connectivity index (χ1n) is 6.51. The van der Waals surface area contributed by atoms with Crippen molar-refractivity contribution in [1.29, 1.82) is 0 Å². The first-order valence-corrected chi connectivity index (χ1v) is 6.51. The van der Waals surface area contributed by atoms with Gasteiger partial charge in [0.2, 0.25) is 5.91 Å². The maximum Gasteiger partial charge on any atom is 0.220 e. The zero-order valence-electron chi connectivity index (χ0n) is 11.2. The van der Waals surface area contributed by atoms with Crippen LogP contribution in [0.2, 0.25) is 0 Å². The van der Waals surface area contributed by atoms with Crippen LogP contribution in [0.15, 0.2) is 5.11 Å². The zero-order valence-corrected chi connectivity index (χ0v) is 11.2. The van der Waals surface area contributed by atoms with Crippen LogP contribution < -0.4 is 5.32 Å². The maximum atomic E-state index is 11.7. The summed E-state index contributed by atoms with van der Waals surface area (Å²) in [5, 5.41) is 34.6. The van der Waals surface area contributed by atoms with E-state index in [0.717, 1.165) is 6.42 Å². The summed E-state index contributed by atoms with van der Waals surface area (Å²) < 4.78 is 5.18. The summed E-state index contributed by atoms with van der Waals surface area (Å²) in [4.78, 5) is 14.3. The Hall–Kier alpha value is -1.38. The number of amides is 1. The van der Waals surface area contributed by atoms with Gasteiger partial charge in [0.25, 0.3) is 0 Å². The number of nitrogens with one attached hydrogen (secondary N) is 1. The molecule has 0 aromatic rings. The van der Waals surface area contributed by atoms with Gasteiger partial charge >= 0.3 is 0 Å². The van der Waals surface area contributed by atoms with Gasteiger partial charge < -0.3 is 25.4 Å². The third-order valence-corrected chi connectivity index (χ3v) is 3.15. The molecule has 0 radical (unpaired) electrons. The van der Waals surface area contributed by atoms with Crippen molar-refractivity contribution in [3.63, 3.8) is 0 Å². The number of rotatable bonds is 6. The molecule has 1 saturated heterocycles. The van der Waals surface area contributed by atoms with Crippen LogP contribution in [0.5, 0.6) is 0 Å². The largest absolute Gasteiger partial charge is 0.394 e. The van der Waals surface area contributed by atoms with Crippen molar-refractivity contribution in [3.8, 4) is 0 Å². The fourth-order valence-electron chi connectivity index (χ4n) is 2.00. The van der Waals surface area contributed by atoms with Gasteiger partial charge in [0.05, 0.1) is 12.6 Å². The van der Waals surface area contributed by atoms with E-state index >= 15 is 0 Å². The predicted molar refractivity (Wildman–Crippen MR) is 68.4 cm³/mol. The van der Waals surface area contributed by atoms with Crippen LogP contribution in [0.3, 0.4) is 0 Å². The van der Waals surface area contributed by atoms with Crippen LogP contribution in [0.1, 0.15) is 26.2 Å². The number of azide groups is 1. The van der Waals surface area contributed by atoms with Crippen molar-refractivity contribution in [2.45, 2.75) is 56.8 Å². The average molecular weight is 288 g/mol. The van der Waals surface area contributed by atoms with Gasteiger partial charge in [-0.3, -0.25) is 4.79 Å². The molecule has 0 spiro atoms. The van der Waals surface area contributed by atoms with Crippen molar-refractivity contribution in [2.24, 2.45) is 5.11 Å². The van der Waals surface area contributed by atoms with Crippen LogP contribution >= 0.6 is 0 Å². The number of nitrogens with zero attached hydrogens (tertiary/aromatic N) is 3. The Morgan fingerprint density at radius 3 is 2.70 bits per heavy atom. The quantitative estimate of drug-likeness (QED) is 0.293. The molecule has 0 aliphatic carbocycles. The van der Waals surface area contributed by atoms with Crippen molar-refractivity contribution in [1.82, 2.24) is 5.32 Å².